The number of aryl methyl sites for hydroxylation is 1. The van der Waals surface area contributed by atoms with Crippen LogP contribution in [0.3, 0.4) is 0 Å². The smallest absolute Gasteiger partial charge is 0.272 e. The third-order valence-electron chi connectivity index (χ3n) is 4.11. The molecule has 0 saturated heterocycles. The van der Waals surface area contributed by atoms with Gasteiger partial charge in [-0.2, -0.15) is 0 Å². The Kier molecular flexibility index (Phi) is 6.42. The summed E-state index contributed by atoms with van der Waals surface area (Å²) < 4.78 is 14.1. The van der Waals surface area contributed by atoms with Crippen LogP contribution in [0.4, 0.5) is 10.1 Å². The normalized spacial score (nSPS) is 11.1. The molecule has 3 aromatic carbocycles. The number of benzene rings is 3. The molecular weight excluding hydrogens is 391 g/mol. The van der Waals surface area contributed by atoms with Gasteiger partial charge >= 0.3 is 0 Å². The maximum absolute atomic E-state index is 14.1. The second kappa shape index (κ2) is 9.17. The molecule has 0 aliphatic rings. The van der Waals surface area contributed by atoms with E-state index in [4.69, 9.17) is 11.6 Å². The third-order valence-corrected chi connectivity index (χ3v) is 4.37. The fourth-order valence-corrected chi connectivity index (χ4v) is 2.66. The molecule has 0 heterocycles. The Morgan fingerprint density at radius 1 is 0.931 bits per heavy atom. The summed E-state index contributed by atoms with van der Waals surface area (Å²) in [5.41, 5.74) is 1.97. The molecule has 0 saturated carbocycles. The van der Waals surface area contributed by atoms with Crippen molar-refractivity contribution >= 4 is 35.2 Å². The van der Waals surface area contributed by atoms with E-state index in [0.29, 0.717) is 16.3 Å². The summed E-state index contributed by atoms with van der Waals surface area (Å²) in [6.07, 6.45) is 1.30. The topological polar surface area (TPSA) is 58.2 Å². The van der Waals surface area contributed by atoms with E-state index < -0.39 is 17.6 Å². The largest absolute Gasteiger partial charge is 0.321 e. The molecule has 6 heteroatoms. The van der Waals surface area contributed by atoms with Crippen molar-refractivity contribution in [2.45, 2.75) is 6.92 Å². The zero-order chi connectivity index (χ0) is 20.8. The highest BCUT2D eigenvalue weighted by molar-refractivity contribution is 6.30. The second-order valence-electron chi connectivity index (χ2n) is 6.36. The van der Waals surface area contributed by atoms with Gasteiger partial charge in [-0.15, -0.1) is 0 Å². The first-order valence-electron chi connectivity index (χ1n) is 8.83. The highest BCUT2D eigenvalue weighted by Gasteiger charge is 2.16. The van der Waals surface area contributed by atoms with E-state index in [1.54, 1.807) is 60.7 Å². The molecule has 0 atom stereocenters. The lowest BCUT2D eigenvalue weighted by Gasteiger charge is -2.12. The van der Waals surface area contributed by atoms with Crippen LogP contribution in [0.1, 0.15) is 21.5 Å². The van der Waals surface area contributed by atoms with Gasteiger partial charge in [0.15, 0.2) is 0 Å². The summed E-state index contributed by atoms with van der Waals surface area (Å²) >= 11 is 5.86. The summed E-state index contributed by atoms with van der Waals surface area (Å²) in [4.78, 5) is 25.4. The molecule has 29 heavy (non-hydrogen) atoms. The van der Waals surface area contributed by atoms with Crippen LogP contribution in [0.5, 0.6) is 0 Å². The molecule has 0 aliphatic heterocycles. The number of carbonyl (C=O) groups excluding carboxylic acids is 2. The van der Waals surface area contributed by atoms with Crippen LogP contribution in [0.2, 0.25) is 5.02 Å². The molecule has 0 aliphatic carbocycles. The van der Waals surface area contributed by atoms with Gasteiger partial charge in [-0.05, 0) is 55.5 Å². The Hall–Kier alpha value is -3.44. The lowest BCUT2D eigenvalue weighted by atomic mass is 10.1. The Morgan fingerprint density at radius 2 is 1.59 bits per heavy atom. The molecule has 0 aromatic heterocycles. The SMILES string of the molecule is Cc1ccc(C(=O)N/C(=C\c2ccccc2F)C(=O)Nc2ccc(Cl)cc2)cc1. The van der Waals surface area contributed by atoms with Gasteiger partial charge in [0.05, 0.1) is 0 Å². The van der Waals surface area contributed by atoms with E-state index in [9.17, 15) is 14.0 Å². The highest BCUT2D eigenvalue weighted by atomic mass is 35.5. The first kappa shape index (κ1) is 20.3. The number of anilines is 1. The van der Waals surface area contributed by atoms with Crippen molar-refractivity contribution in [3.63, 3.8) is 0 Å². The quantitative estimate of drug-likeness (QED) is 0.570. The van der Waals surface area contributed by atoms with Crippen molar-refractivity contribution in [1.82, 2.24) is 5.32 Å². The number of amides is 2. The molecule has 2 amide bonds. The molecule has 0 unspecified atom stereocenters. The minimum absolute atomic E-state index is 0.0874. The monoisotopic (exact) mass is 408 g/mol. The van der Waals surface area contributed by atoms with Gasteiger partial charge in [-0.3, -0.25) is 9.59 Å². The van der Waals surface area contributed by atoms with Crippen molar-refractivity contribution in [2.24, 2.45) is 0 Å². The van der Waals surface area contributed by atoms with Gasteiger partial charge in [0.2, 0.25) is 0 Å². The van der Waals surface area contributed by atoms with Gasteiger partial charge in [-0.25, -0.2) is 4.39 Å². The molecule has 3 rings (SSSR count). The van der Waals surface area contributed by atoms with E-state index in [-0.39, 0.29) is 11.3 Å². The highest BCUT2D eigenvalue weighted by Crippen LogP contribution is 2.16. The molecule has 146 valence electrons. The molecule has 0 bridgehead atoms. The van der Waals surface area contributed by atoms with E-state index in [2.05, 4.69) is 10.6 Å². The first-order valence-corrected chi connectivity index (χ1v) is 9.21. The van der Waals surface area contributed by atoms with E-state index in [0.717, 1.165) is 5.56 Å². The molecule has 2 N–H and O–H groups in total. The maximum atomic E-state index is 14.1. The Bertz CT molecular complexity index is 1060. The van der Waals surface area contributed by atoms with Crippen LogP contribution in [0.25, 0.3) is 6.08 Å². The first-order chi connectivity index (χ1) is 13.9. The van der Waals surface area contributed by atoms with Gasteiger partial charge in [0.1, 0.15) is 11.5 Å². The predicted octanol–water partition coefficient (Wildman–Crippen LogP) is 5.20. The lowest BCUT2D eigenvalue weighted by Crippen LogP contribution is -2.30. The van der Waals surface area contributed by atoms with E-state index >= 15 is 0 Å². The fraction of sp³-hybridized carbons (Fsp3) is 0.0435. The summed E-state index contributed by atoms with van der Waals surface area (Å²) in [6, 6.07) is 19.4. The van der Waals surface area contributed by atoms with Crippen LogP contribution in [0, 0.1) is 12.7 Å². The summed E-state index contributed by atoms with van der Waals surface area (Å²) in [7, 11) is 0. The van der Waals surface area contributed by atoms with Gasteiger partial charge in [0.25, 0.3) is 11.8 Å². The van der Waals surface area contributed by atoms with Crippen LogP contribution < -0.4 is 10.6 Å². The number of carbonyl (C=O) groups is 2. The molecule has 3 aromatic rings. The van der Waals surface area contributed by atoms with Gasteiger partial charge in [-0.1, -0.05) is 47.5 Å². The van der Waals surface area contributed by atoms with Crippen molar-refractivity contribution in [2.75, 3.05) is 5.32 Å². The molecule has 0 radical (unpaired) electrons. The Labute approximate surface area is 173 Å². The average molecular weight is 409 g/mol. The van der Waals surface area contributed by atoms with Crippen LogP contribution in [-0.4, -0.2) is 11.8 Å². The molecular formula is C23H18ClFN2O2. The average Bonchev–Trinajstić information content (AvgIpc) is 2.71. The lowest BCUT2D eigenvalue weighted by molar-refractivity contribution is -0.113. The van der Waals surface area contributed by atoms with Crippen molar-refractivity contribution in [1.29, 1.82) is 0 Å². The minimum Gasteiger partial charge on any atom is -0.321 e. The molecule has 0 spiro atoms. The summed E-state index contributed by atoms with van der Waals surface area (Å²) in [6.45, 7) is 1.91. The summed E-state index contributed by atoms with van der Waals surface area (Å²) in [5, 5.41) is 5.77. The van der Waals surface area contributed by atoms with Crippen LogP contribution >= 0.6 is 11.6 Å². The van der Waals surface area contributed by atoms with E-state index in [1.807, 2.05) is 6.92 Å². The number of halogens is 2. The van der Waals surface area contributed by atoms with E-state index in [1.165, 1.54) is 18.2 Å². The van der Waals surface area contributed by atoms with Crippen LogP contribution in [0.15, 0.2) is 78.5 Å². The Morgan fingerprint density at radius 3 is 2.24 bits per heavy atom. The Balaban J connectivity index is 1.89. The van der Waals surface area contributed by atoms with Crippen molar-refractivity contribution in [3.05, 3.63) is 106 Å². The number of hydrogen-bond donors (Lipinski definition) is 2. The molecule has 0 fully saturated rings. The number of nitrogens with one attached hydrogen (secondary N) is 2. The van der Waals surface area contributed by atoms with Crippen molar-refractivity contribution < 1.29 is 14.0 Å². The second-order valence-corrected chi connectivity index (χ2v) is 6.80. The minimum atomic E-state index is -0.587. The van der Waals surface area contributed by atoms with Crippen LogP contribution in [-0.2, 0) is 4.79 Å². The zero-order valence-electron chi connectivity index (χ0n) is 15.6. The van der Waals surface area contributed by atoms with Crippen molar-refractivity contribution in [3.8, 4) is 0 Å². The van der Waals surface area contributed by atoms with Gasteiger partial charge < -0.3 is 10.6 Å². The molecule has 4 nitrogen and oxygen atoms in total. The maximum Gasteiger partial charge on any atom is 0.272 e. The number of rotatable bonds is 5. The third kappa shape index (κ3) is 5.53. The standard InChI is InChI=1S/C23H18ClFN2O2/c1-15-6-8-16(9-7-15)22(28)27-21(14-17-4-2-3-5-20(17)25)23(29)26-19-12-10-18(24)11-13-19/h2-14H,1H3,(H,26,29)(H,27,28)/b21-14-. The predicted molar refractivity (Wildman–Crippen MR) is 113 cm³/mol. The zero-order valence-corrected chi connectivity index (χ0v) is 16.3. The number of hydrogen-bond acceptors (Lipinski definition) is 2. The summed E-state index contributed by atoms with van der Waals surface area (Å²) in [5.74, 6) is -1.57. The fourth-order valence-electron chi connectivity index (χ4n) is 2.54. The van der Waals surface area contributed by atoms with Gasteiger partial charge in [0, 0.05) is 21.8 Å².